The van der Waals surface area contributed by atoms with Crippen LogP contribution < -0.4 is 5.32 Å². The van der Waals surface area contributed by atoms with Crippen molar-refractivity contribution < 1.29 is 9.53 Å². The molecule has 0 bridgehead atoms. The molecule has 0 saturated carbocycles. The van der Waals surface area contributed by atoms with Crippen molar-refractivity contribution in [1.29, 1.82) is 0 Å². The Labute approximate surface area is 67.2 Å². The van der Waals surface area contributed by atoms with E-state index in [1.807, 2.05) is 5.38 Å². The standard InChI is InChI=1S/C6H6N2O2S/c9-6-8-4(3-10-6)5-7-1-2-11-5/h1-2,4H,3H2,(H,8,9). The summed E-state index contributed by atoms with van der Waals surface area (Å²) < 4.78 is 4.71. The highest BCUT2D eigenvalue weighted by Crippen LogP contribution is 2.19. The van der Waals surface area contributed by atoms with E-state index >= 15 is 0 Å². The van der Waals surface area contributed by atoms with E-state index in [-0.39, 0.29) is 12.1 Å². The molecule has 1 atom stereocenters. The van der Waals surface area contributed by atoms with Gasteiger partial charge in [-0.1, -0.05) is 0 Å². The van der Waals surface area contributed by atoms with Crippen LogP contribution in [0.4, 0.5) is 4.79 Å². The molecule has 0 aromatic carbocycles. The minimum atomic E-state index is -0.356. The van der Waals surface area contributed by atoms with Gasteiger partial charge in [0.25, 0.3) is 0 Å². The molecule has 1 fully saturated rings. The molecule has 1 aliphatic rings. The van der Waals surface area contributed by atoms with Crippen LogP contribution >= 0.6 is 11.3 Å². The number of ether oxygens (including phenoxy) is 1. The molecule has 1 aromatic heterocycles. The van der Waals surface area contributed by atoms with Gasteiger partial charge in [0.05, 0.1) is 0 Å². The molecule has 58 valence electrons. The van der Waals surface area contributed by atoms with Crippen molar-refractivity contribution in [2.45, 2.75) is 6.04 Å². The normalized spacial score (nSPS) is 22.9. The Hall–Kier alpha value is -1.10. The van der Waals surface area contributed by atoms with Gasteiger partial charge in [-0.2, -0.15) is 0 Å². The van der Waals surface area contributed by atoms with Gasteiger partial charge in [-0.25, -0.2) is 9.78 Å². The molecule has 2 heterocycles. The summed E-state index contributed by atoms with van der Waals surface area (Å²) in [6, 6.07) is -0.0394. The average molecular weight is 170 g/mol. The van der Waals surface area contributed by atoms with Gasteiger partial charge in [0, 0.05) is 11.6 Å². The lowest BCUT2D eigenvalue weighted by molar-refractivity contribution is 0.177. The van der Waals surface area contributed by atoms with Crippen molar-refractivity contribution in [3.63, 3.8) is 0 Å². The second-order valence-corrected chi connectivity index (χ2v) is 3.09. The van der Waals surface area contributed by atoms with Crippen molar-refractivity contribution in [3.05, 3.63) is 16.6 Å². The molecule has 4 nitrogen and oxygen atoms in total. The largest absolute Gasteiger partial charge is 0.447 e. The molecule has 5 heteroatoms. The number of rotatable bonds is 1. The van der Waals surface area contributed by atoms with Crippen LogP contribution in [0.5, 0.6) is 0 Å². The monoisotopic (exact) mass is 170 g/mol. The highest BCUT2D eigenvalue weighted by molar-refractivity contribution is 7.09. The Morgan fingerprint density at radius 2 is 2.73 bits per heavy atom. The van der Waals surface area contributed by atoms with Crippen LogP contribution in [0.15, 0.2) is 11.6 Å². The molecule has 2 rings (SSSR count). The predicted molar refractivity (Wildman–Crippen MR) is 39.3 cm³/mol. The molecule has 1 saturated heterocycles. The van der Waals surface area contributed by atoms with Crippen molar-refractivity contribution in [2.24, 2.45) is 0 Å². The van der Waals surface area contributed by atoms with Crippen LogP contribution in [0.1, 0.15) is 11.0 Å². The number of hydrogen-bond acceptors (Lipinski definition) is 4. The Bertz CT molecular complexity index is 260. The second kappa shape index (κ2) is 2.50. The first-order chi connectivity index (χ1) is 5.36. The molecule has 1 amide bonds. The van der Waals surface area contributed by atoms with Crippen LogP contribution in [0, 0.1) is 0 Å². The van der Waals surface area contributed by atoms with Gasteiger partial charge in [0.15, 0.2) is 0 Å². The van der Waals surface area contributed by atoms with Crippen LogP contribution in [-0.4, -0.2) is 17.7 Å². The Balaban J connectivity index is 2.13. The van der Waals surface area contributed by atoms with E-state index in [9.17, 15) is 4.79 Å². The fraction of sp³-hybridized carbons (Fsp3) is 0.333. The Morgan fingerprint density at radius 3 is 3.27 bits per heavy atom. The third-order valence-corrected chi connectivity index (χ3v) is 2.31. The molecular formula is C6H6N2O2S. The smallest absolute Gasteiger partial charge is 0.407 e. The quantitative estimate of drug-likeness (QED) is 0.682. The molecule has 0 spiro atoms. The number of carbonyl (C=O) groups excluding carboxylic acids is 1. The SMILES string of the molecule is O=C1NC(c2nccs2)CO1. The maximum atomic E-state index is 10.6. The number of amides is 1. The lowest BCUT2D eigenvalue weighted by atomic mass is 10.3. The van der Waals surface area contributed by atoms with Crippen LogP contribution in [0.25, 0.3) is 0 Å². The van der Waals surface area contributed by atoms with Gasteiger partial charge in [-0.05, 0) is 0 Å². The molecule has 1 unspecified atom stereocenters. The molecule has 1 aromatic rings. The lowest BCUT2D eigenvalue weighted by Gasteiger charge is -1.99. The second-order valence-electron chi connectivity index (χ2n) is 2.17. The van der Waals surface area contributed by atoms with Crippen LogP contribution in [0.3, 0.4) is 0 Å². The minimum Gasteiger partial charge on any atom is -0.447 e. The van der Waals surface area contributed by atoms with E-state index < -0.39 is 0 Å². The van der Waals surface area contributed by atoms with Crippen LogP contribution in [0.2, 0.25) is 0 Å². The molecular weight excluding hydrogens is 164 g/mol. The van der Waals surface area contributed by atoms with Gasteiger partial charge in [0.2, 0.25) is 0 Å². The number of thiazole rings is 1. The van der Waals surface area contributed by atoms with Gasteiger partial charge in [0.1, 0.15) is 17.7 Å². The molecule has 1 N–H and O–H groups in total. The third-order valence-electron chi connectivity index (χ3n) is 1.42. The number of alkyl carbamates (subject to hydrolysis) is 1. The van der Waals surface area contributed by atoms with Gasteiger partial charge >= 0.3 is 6.09 Å². The van der Waals surface area contributed by atoms with Crippen molar-refractivity contribution in [3.8, 4) is 0 Å². The summed E-state index contributed by atoms with van der Waals surface area (Å²) in [5, 5.41) is 5.42. The predicted octanol–water partition coefficient (Wildman–Crippen LogP) is 0.924. The van der Waals surface area contributed by atoms with E-state index in [0.29, 0.717) is 6.61 Å². The topological polar surface area (TPSA) is 51.2 Å². The van der Waals surface area contributed by atoms with E-state index in [2.05, 4.69) is 10.3 Å². The summed E-state index contributed by atoms with van der Waals surface area (Å²) in [7, 11) is 0. The number of aromatic nitrogens is 1. The van der Waals surface area contributed by atoms with Gasteiger partial charge in [-0.15, -0.1) is 11.3 Å². The number of cyclic esters (lactones) is 1. The first-order valence-corrected chi connectivity index (χ1v) is 4.07. The number of carbonyl (C=O) groups is 1. The highest BCUT2D eigenvalue weighted by atomic mass is 32.1. The van der Waals surface area contributed by atoms with E-state index in [1.54, 1.807) is 6.20 Å². The summed E-state index contributed by atoms with van der Waals surface area (Å²) in [4.78, 5) is 14.6. The number of nitrogens with zero attached hydrogens (tertiary/aromatic N) is 1. The zero-order chi connectivity index (χ0) is 7.68. The van der Waals surface area contributed by atoms with E-state index in [4.69, 9.17) is 4.74 Å². The average Bonchev–Trinajstić information content (AvgIpc) is 2.55. The van der Waals surface area contributed by atoms with E-state index in [0.717, 1.165) is 5.01 Å². The van der Waals surface area contributed by atoms with Crippen LogP contribution in [-0.2, 0) is 4.74 Å². The van der Waals surface area contributed by atoms with Crippen molar-refractivity contribution >= 4 is 17.4 Å². The fourth-order valence-electron chi connectivity index (χ4n) is 0.924. The number of nitrogens with one attached hydrogen (secondary N) is 1. The summed E-state index contributed by atoms with van der Waals surface area (Å²) in [6.07, 6.45) is 1.36. The van der Waals surface area contributed by atoms with Gasteiger partial charge in [-0.3, -0.25) is 0 Å². The minimum absolute atomic E-state index is 0.0394. The fourth-order valence-corrected chi connectivity index (χ4v) is 1.60. The summed E-state index contributed by atoms with van der Waals surface area (Å²) in [6.45, 7) is 0.395. The third kappa shape index (κ3) is 1.19. The maximum Gasteiger partial charge on any atom is 0.407 e. The summed E-state index contributed by atoms with van der Waals surface area (Å²) >= 11 is 1.52. The zero-order valence-corrected chi connectivity index (χ0v) is 6.43. The molecule has 0 aliphatic carbocycles. The summed E-state index contributed by atoms with van der Waals surface area (Å²) in [5.41, 5.74) is 0. The summed E-state index contributed by atoms with van der Waals surface area (Å²) in [5.74, 6) is 0. The first kappa shape index (κ1) is 6.60. The molecule has 0 radical (unpaired) electrons. The van der Waals surface area contributed by atoms with Crippen molar-refractivity contribution in [1.82, 2.24) is 10.3 Å². The maximum absolute atomic E-state index is 10.6. The Morgan fingerprint density at radius 1 is 1.82 bits per heavy atom. The van der Waals surface area contributed by atoms with Crippen molar-refractivity contribution in [2.75, 3.05) is 6.61 Å². The van der Waals surface area contributed by atoms with Gasteiger partial charge < -0.3 is 10.1 Å². The number of hydrogen-bond donors (Lipinski definition) is 1. The zero-order valence-electron chi connectivity index (χ0n) is 5.61. The Kier molecular flexibility index (Phi) is 1.50. The van der Waals surface area contributed by atoms with E-state index in [1.165, 1.54) is 11.3 Å². The highest BCUT2D eigenvalue weighted by Gasteiger charge is 2.25. The lowest BCUT2D eigenvalue weighted by Crippen LogP contribution is -2.17. The molecule has 11 heavy (non-hydrogen) atoms. The molecule has 1 aliphatic heterocycles. The first-order valence-electron chi connectivity index (χ1n) is 3.19.